The summed E-state index contributed by atoms with van der Waals surface area (Å²) in [6.07, 6.45) is 5.21. The van der Waals surface area contributed by atoms with Gasteiger partial charge >= 0.3 is 5.97 Å². The first-order valence-electron chi connectivity index (χ1n) is 9.08. The smallest absolute Gasteiger partial charge is 0.303 e. The van der Waals surface area contributed by atoms with Crippen LogP contribution in [-0.2, 0) is 4.79 Å². The molecular formula is C22H23ClO3. The number of Topliss-reactive ketones (excluding diaryl/α,β-unsaturated/α-hetero) is 1. The van der Waals surface area contributed by atoms with Crippen molar-refractivity contribution in [3.63, 3.8) is 0 Å². The fourth-order valence-electron chi connectivity index (χ4n) is 3.97. The van der Waals surface area contributed by atoms with Gasteiger partial charge in [-0.05, 0) is 41.5 Å². The zero-order chi connectivity index (χ0) is 18.6. The van der Waals surface area contributed by atoms with Crippen molar-refractivity contribution in [3.05, 3.63) is 59.1 Å². The Labute approximate surface area is 159 Å². The van der Waals surface area contributed by atoms with Gasteiger partial charge in [-0.3, -0.25) is 9.59 Å². The summed E-state index contributed by atoms with van der Waals surface area (Å²) in [7, 11) is 0. The van der Waals surface area contributed by atoms with Crippen LogP contribution in [0.5, 0.6) is 0 Å². The van der Waals surface area contributed by atoms with Gasteiger partial charge in [0.05, 0.1) is 6.42 Å². The summed E-state index contributed by atoms with van der Waals surface area (Å²) < 4.78 is 0. The molecule has 26 heavy (non-hydrogen) atoms. The average molecular weight is 371 g/mol. The SMILES string of the molecule is O=C(O)CC1(CC(=O)c2ccc(-c3ccc(Cl)cc3)cc2)CCCCC1. The number of ketones is 1. The number of rotatable bonds is 6. The number of hydrogen-bond acceptors (Lipinski definition) is 2. The number of hydrogen-bond donors (Lipinski definition) is 1. The van der Waals surface area contributed by atoms with E-state index in [9.17, 15) is 14.7 Å². The molecule has 1 aliphatic carbocycles. The maximum absolute atomic E-state index is 12.8. The van der Waals surface area contributed by atoms with Gasteiger partial charge in [0.2, 0.25) is 0 Å². The average Bonchev–Trinajstić information content (AvgIpc) is 2.62. The van der Waals surface area contributed by atoms with E-state index < -0.39 is 5.97 Å². The van der Waals surface area contributed by atoms with Crippen molar-refractivity contribution in [1.29, 1.82) is 0 Å². The Hall–Kier alpha value is -2.13. The highest BCUT2D eigenvalue weighted by Gasteiger charge is 2.36. The molecule has 0 saturated heterocycles. The minimum atomic E-state index is -0.808. The molecule has 0 radical (unpaired) electrons. The molecular weight excluding hydrogens is 348 g/mol. The summed E-state index contributed by atoms with van der Waals surface area (Å²) in [6.45, 7) is 0. The van der Waals surface area contributed by atoms with E-state index in [-0.39, 0.29) is 17.6 Å². The molecule has 0 atom stereocenters. The van der Waals surface area contributed by atoms with Crippen molar-refractivity contribution >= 4 is 23.4 Å². The molecule has 0 aromatic heterocycles. The number of carbonyl (C=O) groups is 2. The number of halogens is 1. The van der Waals surface area contributed by atoms with Crippen LogP contribution in [0.25, 0.3) is 11.1 Å². The lowest BCUT2D eigenvalue weighted by atomic mass is 9.68. The number of carboxylic acid groups (broad SMARTS) is 1. The third kappa shape index (κ3) is 4.53. The maximum Gasteiger partial charge on any atom is 0.303 e. The molecule has 1 saturated carbocycles. The van der Waals surface area contributed by atoms with Gasteiger partial charge in [-0.1, -0.05) is 67.3 Å². The largest absolute Gasteiger partial charge is 0.481 e. The molecule has 2 aromatic carbocycles. The molecule has 1 fully saturated rings. The summed E-state index contributed by atoms with van der Waals surface area (Å²) in [5.74, 6) is -0.770. The monoisotopic (exact) mass is 370 g/mol. The van der Waals surface area contributed by atoms with Crippen LogP contribution in [0.2, 0.25) is 5.02 Å². The highest BCUT2D eigenvalue weighted by atomic mass is 35.5. The summed E-state index contributed by atoms with van der Waals surface area (Å²) in [4.78, 5) is 24.1. The Morgan fingerprint density at radius 2 is 1.38 bits per heavy atom. The van der Waals surface area contributed by atoms with Crippen molar-refractivity contribution in [2.45, 2.75) is 44.9 Å². The first-order valence-corrected chi connectivity index (χ1v) is 9.46. The van der Waals surface area contributed by atoms with Gasteiger partial charge in [0.25, 0.3) is 0 Å². The van der Waals surface area contributed by atoms with E-state index in [1.807, 2.05) is 48.5 Å². The quantitative estimate of drug-likeness (QED) is 0.634. The Bertz CT molecular complexity index is 772. The van der Waals surface area contributed by atoms with Gasteiger partial charge in [0, 0.05) is 17.0 Å². The van der Waals surface area contributed by atoms with Crippen molar-refractivity contribution in [2.75, 3.05) is 0 Å². The summed E-state index contributed by atoms with van der Waals surface area (Å²) in [5, 5.41) is 9.97. The lowest BCUT2D eigenvalue weighted by Crippen LogP contribution is -2.30. The molecule has 0 aliphatic heterocycles. The molecule has 0 spiro atoms. The first-order chi connectivity index (χ1) is 12.5. The first kappa shape index (κ1) is 18.7. The topological polar surface area (TPSA) is 54.4 Å². The van der Waals surface area contributed by atoms with Crippen molar-refractivity contribution < 1.29 is 14.7 Å². The molecule has 3 nitrogen and oxygen atoms in total. The van der Waals surface area contributed by atoms with Crippen LogP contribution in [-0.4, -0.2) is 16.9 Å². The Morgan fingerprint density at radius 3 is 1.92 bits per heavy atom. The zero-order valence-corrected chi connectivity index (χ0v) is 15.5. The Balaban J connectivity index is 1.74. The Kier molecular flexibility index (Phi) is 5.77. The van der Waals surface area contributed by atoms with Gasteiger partial charge in [0.15, 0.2) is 5.78 Å². The van der Waals surface area contributed by atoms with Crippen LogP contribution >= 0.6 is 11.6 Å². The second kappa shape index (κ2) is 8.05. The number of aliphatic carboxylic acids is 1. The third-order valence-electron chi connectivity index (χ3n) is 5.36. The molecule has 2 aromatic rings. The molecule has 4 heteroatoms. The second-order valence-corrected chi connectivity index (χ2v) is 7.75. The predicted molar refractivity (Wildman–Crippen MR) is 104 cm³/mol. The second-order valence-electron chi connectivity index (χ2n) is 7.32. The molecule has 1 N–H and O–H groups in total. The summed E-state index contributed by atoms with van der Waals surface area (Å²) in [6, 6.07) is 15.1. The number of carboxylic acids is 1. The normalized spacial score (nSPS) is 16.2. The van der Waals surface area contributed by atoms with Crippen LogP contribution < -0.4 is 0 Å². The maximum atomic E-state index is 12.8. The molecule has 0 unspecified atom stereocenters. The van der Waals surface area contributed by atoms with Gasteiger partial charge in [-0.2, -0.15) is 0 Å². The predicted octanol–water partition coefficient (Wildman–Crippen LogP) is 6.01. The lowest BCUT2D eigenvalue weighted by Gasteiger charge is -2.35. The van der Waals surface area contributed by atoms with Crippen LogP contribution in [0.15, 0.2) is 48.5 Å². The van der Waals surface area contributed by atoms with Crippen LogP contribution in [0, 0.1) is 5.41 Å². The van der Waals surface area contributed by atoms with E-state index in [0.717, 1.165) is 43.2 Å². The van der Waals surface area contributed by atoms with E-state index in [4.69, 9.17) is 11.6 Å². The molecule has 0 amide bonds. The van der Waals surface area contributed by atoms with E-state index in [1.54, 1.807) is 0 Å². The van der Waals surface area contributed by atoms with Crippen LogP contribution in [0.1, 0.15) is 55.3 Å². The number of benzene rings is 2. The van der Waals surface area contributed by atoms with Gasteiger partial charge in [-0.25, -0.2) is 0 Å². The van der Waals surface area contributed by atoms with Crippen LogP contribution in [0.3, 0.4) is 0 Å². The van der Waals surface area contributed by atoms with Gasteiger partial charge in [-0.15, -0.1) is 0 Å². The minimum absolute atomic E-state index is 0.0378. The van der Waals surface area contributed by atoms with E-state index in [2.05, 4.69) is 0 Å². The summed E-state index contributed by atoms with van der Waals surface area (Å²) >= 11 is 5.92. The molecule has 136 valence electrons. The molecule has 3 rings (SSSR count). The van der Waals surface area contributed by atoms with E-state index >= 15 is 0 Å². The molecule has 1 aliphatic rings. The highest BCUT2D eigenvalue weighted by Crippen LogP contribution is 2.43. The molecule has 0 bridgehead atoms. The van der Waals surface area contributed by atoms with E-state index in [1.165, 1.54) is 0 Å². The van der Waals surface area contributed by atoms with Crippen molar-refractivity contribution in [2.24, 2.45) is 5.41 Å². The minimum Gasteiger partial charge on any atom is -0.481 e. The lowest BCUT2D eigenvalue weighted by molar-refractivity contribution is -0.140. The fraction of sp³-hybridized carbons (Fsp3) is 0.364. The third-order valence-corrected chi connectivity index (χ3v) is 5.61. The van der Waals surface area contributed by atoms with Crippen molar-refractivity contribution in [1.82, 2.24) is 0 Å². The zero-order valence-electron chi connectivity index (χ0n) is 14.7. The van der Waals surface area contributed by atoms with Crippen molar-refractivity contribution in [3.8, 4) is 11.1 Å². The Morgan fingerprint density at radius 1 is 0.846 bits per heavy atom. The highest BCUT2D eigenvalue weighted by molar-refractivity contribution is 6.30. The fourth-order valence-corrected chi connectivity index (χ4v) is 4.10. The standard InChI is InChI=1S/C22H23ClO3/c23-19-10-8-17(9-11-19)16-4-6-18(7-5-16)20(24)14-22(15-21(25)26)12-2-1-3-13-22/h4-11H,1-3,12-15H2,(H,25,26). The number of carbonyl (C=O) groups excluding carboxylic acids is 1. The molecule has 0 heterocycles. The van der Waals surface area contributed by atoms with E-state index in [0.29, 0.717) is 17.0 Å². The van der Waals surface area contributed by atoms with Gasteiger partial charge < -0.3 is 5.11 Å². The summed E-state index contributed by atoms with van der Waals surface area (Å²) in [5.41, 5.74) is 2.34. The van der Waals surface area contributed by atoms with Crippen LogP contribution in [0.4, 0.5) is 0 Å². The van der Waals surface area contributed by atoms with Gasteiger partial charge in [0.1, 0.15) is 0 Å².